The molecule has 0 N–H and O–H groups in total. The minimum Gasteiger partial charge on any atom is -0.419 e. The van der Waals surface area contributed by atoms with Gasteiger partial charge in [-0.1, -0.05) is 29.5 Å². The Bertz CT molecular complexity index is 1040. The van der Waals surface area contributed by atoms with Crippen LogP contribution in [0.1, 0.15) is 23.6 Å². The molecule has 3 aromatic heterocycles. The zero-order valence-corrected chi connectivity index (χ0v) is 16.0. The van der Waals surface area contributed by atoms with Crippen molar-refractivity contribution in [3.63, 3.8) is 0 Å². The fourth-order valence-electron chi connectivity index (χ4n) is 2.59. The summed E-state index contributed by atoms with van der Waals surface area (Å²) in [4.78, 5) is 4.04. The SMILES string of the molecule is Cc1ccc(-c2nnc([C@@H](C)Sc3nnc(-c4ccncc4)n3C)o2)cc1. The van der Waals surface area contributed by atoms with Crippen LogP contribution in [0.2, 0.25) is 0 Å². The second-order valence-electron chi connectivity index (χ2n) is 6.17. The summed E-state index contributed by atoms with van der Waals surface area (Å²) in [6, 6.07) is 11.8. The van der Waals surface area contributed by atoms with Gasteiger partial charge in [-0.3, -0.25) is 4.98 Å². The smallest absolute Gasteiger partial charge is 0.247 e. The number of thioether (sulfide) groups is 1. The minimum atomic E-state index is -0.0510. The lowest BCUT2D eigenvalue weighted by Crippen LogP contribution is -1.97. The zero-order chi connectivity index (χ0) is 18.8. The van der Waals surface area contributed by atoms with Crippen LogP contribution >= 0.6 is 11.8 Å². The number of hydrogen-bond acceptors (Lipinski definition) is 7. The van der Waals surface area contributed by atoms with Crippen LogP contribution in [0.15, 0.2) is 58.4 Å². The summed E-state index contributed by atoms with van der Waals surface area (Å²) in [6.07, 6.45) is 3.48. The fraction of sp³-hybridized carbons (Fsp3) is 0.211. The van der Waals surface area contributed by atoms with Crippen LogP contribution in [-0.2, 0) is 7.05 Å². The van der Waals surface area contributed by atoms with Crippen LogP contribution in [0.3, 0.4) is 0 Å². The summed E-state index contributed by atoms with van der Waals surface area (Å²) in [7, 11) is 1.94. The maximum atomic E-state index is 5.87. The molecular formula is C19H18N6OS. The van der Waals surface area contributed by atoms with Crippen LogP contribution in [0, 0.1) is 6.92 Å². The number of aromatic nitrogens is 6. The van der Waals surface area contributed by atoms with E-state index >= 15 is 0 Å². The summed E-state index contributed by atoms with van der Waals surface area (Å²) >= 11 is 1.53. The van der Waals surface area contributed by atoms with Crippen LogP contribution in [0.4, 0.5) is 0 Å². The second-order valence-corrected chi connectivity index (χ2v) is 7.48. The van der Waals surface area contributed by atoms with Crippen LogP contribution in [-0.4, -0.2) is 29.9 Å². The van der Waals surface area contributed by atoms with E-state index in [2.05, 4.69) is 25.4 Å². The highest BCUT2D eigenvalue weighted by Gasteiger charge is 2.20. The molecule has 136 valence electrons. The van der Waals surface area contributed by atoms with E-state index in [-0.39, 0.29) is 5.25 Å². The quantitative estimate of drug-likeness (QED) is 0.484. The molecule has 1 aromatic carbocycles. The third-order valence-electron chi connectivity index (χ3n) is 4.14. The number of nitrogens with zero attached hydrogens (tertiary/aromatic N) is 6. The second kappa shape index (κ2) is 7.32. The maximum Gasteiger partial charge on any atom is 0.247 e. The van der Waals surface area contributed by atoms with E-state index in [1.165, 1.54) is 17.3 Å². The van der Waals surface area contributed by atoms with Gasteiger partial charge in [0.05, 0.1) is 5.25 Å². The topological polar surface area (TPSA) is 82.5 Å². The van der Waals surface area contributed by atoms with Gasteiger partial charge >= 0.3 is 0 Å². The molecule has 4 aromatic rings. The van der Waals surface area contributed by atoms with Gasteiger partial charge in [0.25, 0.3) is 0 Å². The Labute approximate surface area is 160 Å². The summed E-state index contributed by atoms with van der Waals surface area (Å²) in [5, 5.41) is 17.7. The van der Waals surface area contributed by atoms with Crippen LogP contribution in [0.5, 0.6) is 0 Å². The zero-order valence-electron chi connectivity index (χ0n) is 15.2. The first-order valence-corrected chi connectivity index (χ1v) is 9.36. The lowest BCUT2D eigenvalue weighted by Gasteiger charge is -2.07. The summed E-state index contributed by atoms with van der Waals surface area (Å²) in [6.45, 7) is 4.06. The van der Waals surface area contributed by atoms with Gasteiger partial charge in [0.15, 0.2) is 11.0 Å². The van der Waals surface area contributed by atoms with Crippen molar-refractivity contribution in [2.45, 2.75) is 24.3 Å². The normalized spacial score (nSPS) is 12.3. The number of benzene rings is 1. The molecule has 7 nitrogen and oxygen atoms in total. The van der Waals surface area contributed by atoms with Gasteiger partial charge in [-0.05, 0) is 38.1 Å². The Morgan fingerprint density at radius 1 is 0.926 bits per heavy atom. The number of aryl methyl sites for hydroxylation is 1. The molecule has 0 fully saturated rings. The third-order valence-corrected chi connectivity index (χ3v) is 5.26. The number of pyridine rings is 1. The first-order valence-electron chi connectivity index (χ1n) is 8.48. The standard InChI is InChI=1S/C19H18N6OS/c1-12-4-6-15(7-5-12)18-23-22-17(26-18)13(2)27-19-24-21-16(25(19)3)14-8-10-20-11-9-14/h4-11,13H,1-3H3/t13-/m1/s1. The van der Waals surface area contributed by atoms with Crippen molar-refractivity contribution in [2.75, 3.05) is 0 Å². The summed E-state index contributed by atoms with van der Waals surface area (Å²) in [5.41, 5.74) is 3.07. The highest BCUT2D eigenvalue weighted by molar-refractivity contribution is 7.99. The summed E-state index contributed by atoms with van der Waals surface area (Å²) < 4.78 is 7.82. The molecular weight excluding hydrogens is 360 g/mol. The first-order chi connectivity index (χ1) is 13.1. The highest BCUT2D eigenvalue weighted by atomic mass is 32.2. The van der Waals surface area contributed by atoms with Gasteiger partial charge < -0.3 is 8.98 Å². The van der Waals surface area contributed by atoms with Crippen molar-refractivity contribution in [1.29, 1.82) is 0 Å². The van der Waals surface area contributed by atoms with Gasteiger partial charge in [-0.2, -0.15) is 0 Å². The summed E-state index contributed by atoms with van der Waals surface area (Å²) in [5.74, 6) is 1.87. The van der Waals surface area contributed by atoms with Gasteiger partial charge in [-0.15, -0.1) is 20.4 Å². The van der Waals surface area contributed by atoms with E-state index in [1.807, 2.05) is 61.9 Å². The predicted octanol–water partition coefficient (Wildman–Crippen LogP) is 4.09. The van der Waals surface area contributed by atoms with E-state index in [4.69, 9.17) is 4.42 Å². The van der Waals surface area contributed by atoms with E-state index in [0.29, 0.717) is 11.8 Å². The Morgan fingerprint density at radius 3 is 2.41 bits per heavy atom. The molecule has 0 spiro atoms. The molecule has 0 bridgehead atoms. The minimum absolute atomic E-state index is 0.0510. The number of hydrogen-bond donors (Lipinski definition) is 0. The molecule has 8 heteroatoms. The van der Waals surface area contributed by atoms with Crippen LogP contribution < -0.4 is 0 Å². The average Bonchev–Trinajstić information content (AvgIpc) is 3.31. The molecule has 4 rings (SSSR count). The molecule has 0 aliphatic rings. The molecule has 1 atom stereocenters. The van der Waals surface area contributed by atoms with E-state index in [0.717, 1.165) is 22.1 Å². The Balaban J connectivity index is 1.52. The van der Waals surface area contributed by atoms with Crippen molar-refractivity contribution in [3.8, 4) is 22.8 Å². The molecule has 0 saturated heterocycles. The molecule has 0 radical (unpaired) electrons. The van der Waals surface area contributed by atoms with Gasteiger partial charge in [0.1, 0.15) is 0 Å². The molecule has 27 heavy (non-hydrogen) atoms. The molecule has 0 saturated carbocycles. The van der Waals surface area contributed by atoms with Crippen molar-refractivity contribution >= 4 is 11.8 Å². The molecule has 0 amide bonds. The lowest BCUT2D eigenvalue weighted by atomic mass is 10.1. The monoisotopic (exact) mass is 378 g/mol. The fourth-order valence-corrected chi connectivity index (χ4v) is 3.43. The first kappa shape index (κ1) is 17.4. The Kier molecular flexibility index (Phi) is 4.72. The van der Waals surface area contributed by atoms with Gasteiger partial charge in [-0.25, -0.2) is 0 Å². The molecule has 0 aliphatic heterocycles. The highest BCUT2D eigenvalue weighted by Crippen LogP contribution is 2.35. The largest absolute Gasteiger partial charge is 0.419 e. The number of rotatable bonds is 5. The van der Waals surface area contributed by atoms with E-state index in [9.17, 15) is 0 Å². The average molecular weight is 378 g/mol. The van der Waals surface area contributed by atoms with Crippen molar-refractivity contribution < 1.29 is 4.42 Å². The third kappa shape index (κ3) is 3.61. The lowest BCUT2D eigenvalue weighted by molar-refractivity contribution is 0.508. The molecule has 0 aliphatic carbocycles. The van der Waals surface area contributed by atoms with Gasteiger partial charge in [0.2, 0.25) is 11.8 Å². The van der Waals surface area contributed by atoms with Gasteiger partial charge in [0, 0.05) is 30.6 Å². The van der Waals surface area contributed by atoms with Crippen molar-refractivity contribution in [1.82, 2.24) is 29.9 Å². The Hall–Kier alpha value is -3.00. The molecule has 0 unspecified atom stereocenters. The van der Waals surface area contributed by atoms with Crippen molar-refractivity contribution in [2.24, 2.45) is 7.05 Å². The molecule has 3 heterocycles. The predicted molar refractivity (Wildman–Crippen MR) is 103 cm³/mol. The van der Waals surface area contributed by atoms with Crippen molar-refractivity contribution in [3.05, 3.63) is 60.2 Å². The van der Waals surface area contributed by atoms with E-state index in [1.54, 1.807) is 12.4 Å². The maximum absolute atomic E-state index is 5.87. The Morgan fingerprint density at radius 2 is 1.67 bits per heavy atom. The van der Waals surface area contributed by atoms with E-state index < -0.39 is 0 Å². The van der Waals surface area contributed by atoms with Crippen LogP contribution in [0.25, 0.3) is 22.8 Å².